The van der Waals surface area contributed by atoms with Crippen molar-refractivity contribution in [2.75, 3.05) is 32.7 Å². The van der Waals surface area contributed by atoms with Gasteiger partial charge in [-0.1, -0.05) is 17.7 Å². The van der Waals surface area contributed by atoms with Gasteiger partial charge in [-0.15, -0.1) is 0 Å². The number of aromatic hydroxyl groups is 1. The Morgan fingerprint density at radius 1 is 1.05 bits per heavy atom. The summed E-state index contributed by atoms with van der Waals surface area (Å²) in [5, 5.41) is 10.6. The molecule has 0 saturated carbocycles. The van der Waals surface area contributed by atoms with Crippen LogP contribution in [-0.2, 0) is 6.54 Å². The van der Waals surface area contributed by atoms with Gasteiger partial charge in [0.25, 0.3) is 0 Å². The van der Waals surface area contributed by atoms with Crippen LogP contribution in [0.1, 0.15) is 31.2 Å². The maximum atomic E-state index is 9.95. The maximum Gasteiger partial charge on any atom is 0.121 e. The molecule has 1 aromatic rings. The third-order valence-electron chi connectivity index (χ3n) is 4.90. The van der Waals surface area contributed by atoms with Crippen LogP contribution < -0.4 is 0 Å². The highest BCUT2D eigenvalue weighted by Crippen LogP contribution is 2.28. The van der Waals surface area contributed by atoms with Crippen LogP contribution in [0.5, 0.6) is 5.75 Å². The second kappa shape index (κ2) is 6.99. The van der Waals surface area contributed by atoms with Crippen LogP contribution in [0.3, 0.4) is 0 Å². The molecule has 0 spiro atoms. The first-order valence-electron chi connectivity index (χ1n) is 8.13. The monoisotopic (exact) mass is 308 g/mol. The first-order valence-corrected chi connectivity index (χ1v) is 8.51. The average Bonchev–Trinajstić information content (AvgIpc) is 2.98. The molecule has 0 aliphatic carbocycles. The molecule has 116 valence electrons. The predicted octanol–water partition coefficient (Wildman–Crippen LogP) is 3.35. The van der Waals surface area contributed by atoms with Crippen molar-refractivity contribution in [2.24, 2.45) is 5.92 Å². The molecule has 2 saturated heterocycles. The quantitative estimate of drug-likeness (QED) is 0.924. The maximum absolute atomic E-state index is 9.95. The molecule has 2 heterocycles. The Bertz CT molecular complexity index is 446. The first kappa shape index (κ1) is 15.1. The molecule has 0 bridgehead atoms. The van der Waals surface area contributed by atoms with E-state index in [1.54, 1.807) is 12.1 Å². The third-order valence-corrected chi connectivity index (χ3v) is 5.25. The van der Waals surface area contributed by atoms with Crippen molar-refractivity contribution in [2.45, 2.75) is 32.2 Å². The standard InChI is InChI=1S/C17H25ClN2O/c18-16-4-3-5-17(21)15(16)13-20-10-6-14(7-11-20)12-19-8-1-2-9-19/h3-5,14,21H,1-2,6-13H2. The van der Waals surface area contributed by atoms with Crippen LogP contribution in [0, 0.1) is 5.92 Å². The summed E-state index contributed by atoms with van der Waals surface area (Å²) >= 11 is 6.20. The van der Waals surface area contributed by atoms with Gasteiger partial charge in [-0.3, -0.25) is 4.90 Å². The number of rotatable bonds is 4. The summed E-state index contributed by atoms with van der Waals surface area (Å²) in [6.07, 6.45) is 5.29. The van der Waals surface area contributed by atoms with Crippen molar-refractivity contribution in [1.29, 1.82) is 0 Å². The van der Waals surface area contributed by atoms with Gasteiger partial charge in [-0.2, -0.15) is 0 Å². The normalized spacial score (nSPS) is 22.0. The number of nitrogens with zero attached hydrogens (tertiary/aromatic N) is 2. The Kier molecular flexibility index (Phi) is 5.04. The van der Waals surface area contributed by atoms with E-state index in [1.165, 1.54) is 45.3 Å². The molecule has 2 aliphatic heterocycles. The highest BCUT2D eigenvalue weighted by Gasteiger charge is 2.23. The Morgan fingerprint density at radius 3 is 2.43 bits per heavy atom. The SMILES string of the molecule is Oc1cccc(Cl)c1CN1CCC(CN2CCCC2)CC1. The zero-order valence-corrected chi connectivity index (χ0v) is 13.4. The summed E-state index contributed by atoms with van der Waals surface area (Å²) in [4.78, 5) is 5.04. The summed E-state index contributed by atoms with van der Waals surface area (Å²) < 4.78 is 0. The highest BCUT2D eigenvalue weighted by atomic mass is 35.5. The largest absolute Gasteiger partial charge is 0.508 e. The molecule has 0 atom stereocenters. The van der Waals surface area contributed by atoms with Crippen LogP contribution in [0.25, 0.3) is 0 Å². The van der Waals surface area contributed by atoms with E-state index in [0.29, 0.717) is 10.8 Å². The highest BCUT2D eigenvalue weighted by molar-refractivity contribution is 6.31. The van der Waals surface area contributed by atoms with Gasteiger partial charge in [-0.05, 0) is 69.9 Å². The molecule has 2 fully saturated rings. The van der Waals surface area contributed by atoms with E-state index in [-0.39, 0.29) is 0 Å². The zero-order valence-electron chi connectivity index (χ0n) is 12.6. The van der Waals surface area contributed by atoms with Gasteiger partial charge in [0.15, 0.2) is 0 Å². The molecule has 2 aliphatic rings. The van der Waals surface area contributed by atoms with E-state index >= 15 is 0 Å². The number of piperidine rings is 1. The lowest BCUT2D eigenvalue weighted by molar-refractivity contribution is 0.148. The van der Waals surface area contributed by atoms with Crippen molar-refractivity contribution < 1.29 is 5.11 Å². The second-order valence-electron chi connectivity index (χ2n) is 6.46. The van der Waals surface area contributed by atoms with Crippen LogP contribution in [0.4, 0.5) is 0 Å². The van der Waals surface area contributed by atoms with Crippen LogP contribution in [0.15, 0.2) is 18.2 Å². The Hall–Kier alpha value is -0.770. The molecule has 4 heteroatoms. The fraction of sp³-hybridized carbons (Fsp3) is 0.647. The minimum absolute atomic E-state index is 0.321. The summed E-state index contributed by atoms with van der Waals surface area (Å²) in [6, 6.07) is 5.38. The predicted molar refractivity (Wildman–Crippen MR) is 86.8 cm³/mol. The number of halogens is 1. The molecule has 0 aromatic heterocycles. The van der Waals surface area contributed by atoms with Crippen molar-refractivity contribution in [3.05, 3.63) is 28.8 Å². The second-order valence-corrected chi connectivity index (χ2v) is 6.87. The topological polar surface area (TPSA) is 26.7 Å². The van der Waals surface area contributed by atoms with Gasteiger partial charge in [0.05, 0.1) is 0 Å². The molecule has 0 unspecified atom stereocenters. The third kappa shape index (κ3) is 3.91. The van der Waals surface area contributed by atoms with Crippen molar-refractivity contribution in [3.8, 4) is 5.75 Å². The van der Waals surface area contributed by atoms with Gasteiger partial charge in [0.2, 0.25) is 0 Å². The molecule has 1 N–H and O–H groups in total. The van der Waals surface area contributed by atoms with E-state index in [2.05, 4.69) is 9.80 Å². The molecule has 0 radical (unpaired) electrons. The van der Waals surface area contributed by atoms with E-state index in [4.69, 9.17) is 11.6 Å². The first-order chi connectivity index (χ1) is 10.2. The number of hydrogen-bond acceptors (Lipinski definition) is 3. The van der Waals surface area contributed by atoms with E-state index < -0.39 is 0 Å². The summed E-state index contributed by atoms with van der Waals surface area (Å²) in [5.74, 6) is 1.17. The van der Waals surface area contributed by atoms with Gasteiger partial charge in [0.1, 0.15) is 5.75 Å². The Balaban J connectivity index is 1.49. The van der Waals surface area contributed by atoms with Crippen LogP contribution >= 0.6 is 11.6 Å². The smallest absolute Gasteiger partial charge is 0.121 e. The van der Waals surface area contributed by atoms with Gasteiger partial charge >= 0.3 is 0 Å². The van der Waals surface area contributed by atoms with Crippen molar-refractivity contribution >= 4 is 11.6 Å². The Labute approximate surface area is 132 Å². The van der Waals surface area contributed by atoms with E-state index in [1.807, 2.05) is 6.07 Å². The molecule has 1 aromatic carbocycles. The lowest BCUT2D eigenvalue weighted by atomic mass is 9.96. The van der Waals surface area contributed by atoms with Gasteiger partial charge in [0, 0.05) is 23.7 Å². The van der Waals surface area contributed by atoms with E-state index in [0.717, 1.165) is 31.1 Å². The lowest BCUT2D eigenvalue weighted by Gasteiger charge is -2.34. The number of phenols is 1. The van der Waals surface area contributed by atoms with Gasteiger partial charge in [-0.25, -0.2) is 0 Å². The lowest BCUT2D eigenvalue weighted by Crippen LogP contribution is -2.37. The zero-order chi connectivity index (χ0) is 14.7. The van der Waals surface area contributed by atoms with E-state index in [9.17, 15) is 5.11 Å². The molecule has 3 rings (SSSR count). The molecule has 21 heavy (non-hydrogen) atoms. The Morgan fingerprint density at radius 2 is 1.76 bits per heavy atom. The number of benzene rings is 1. The number of hydrogen-bond donors (Lipinski definition) is 1. The number of likely N-dealkylation sites (tertiary alicyclic amines) is 2. The number of phenolic OH excluding ortho intramolecular Hbond substituents is 1. The average molecular weight is 309 g/mol. The van der Waals surface area contributed by atoms with Crippen LogP contribution in [-0.4, -0.2) is 47.6 Å². The summed E-state index contributed by atoms with van der Waals surface area (Å²) in [5.41, 5.74) is 0.872. The fourth-order valence-corrected chi connectivity index (χ4v) is 3.81. The van der Waals surface area contributed by atoms with Gasteiger partial charge < -0.3 is 10.0 Å². The molecular formula is C17H25ClN2O. The molecule has 0 amide bonds. The molecule has 3 nitrogen and oxygen atoms in total. The summed E-state index contributed by atoms with van der Waals surface area (Å²) in [7, 11) is 0. The van der Waals surface area contributed by atoms with Crippen molar-refractivity contribution in [3.63, 3.8) is 0 Å². The summed E-state index contributed by atoms with van der Waals surface area (Å²) in [6.45, 7) is 6.88. The minimum Gasteiger partial charge on any atom is -0.508 e. The molecular weight excluding hydrogens is 284 g/mol. The fourth-order valence-electron chi connectivity index (χ4n) is 3.58. The van der Waals surface area contributed by atoms with Crippen LogP contribution in [0.2, 0.25) is 5.02 Å². The van der Waals surface area contributed by atoms with Crippen molar-refractivity contribution in [1.82, 2.24) is 9.80 Å². The minimum atomic E-state index is 0.321.